The average Bonchev–Trinajstić information content (AvgIpc) is 2.55. The Bertz CT molecular complexity index is 502. The Morgan fingerprint density at radius 2 is 1.95 bits per heavy atom. The van der Waals surface area contributed by atoms with Gasteiger partial charge in [-0.25, -0.2) is 9.97 Å². The molecule has 2 aliphatic heterocycles. The molecule has 2 saturated heterocycles. The summed E-state index contributed by atoms with van der Waals surface area (Å²) in [7, 11) is 0. The predicted octanol–water partition coefficient (Wildman–Crippen LogP) is 2.33. The van der Waals surface area contributed by atoms with Crippen molar-refractivity contribution in [3.63, 3.8) is 0 Å². The minimum absolute atomic E-state index is 0.489. The lowest BCUT2D eigenvalue weighted by Gasteiger charge is -2.46. The number of nitrogens with one attached hydrogen (secondary N) is 1. The third-order valence-electron chi connectivity index (χ3n) is 5.62. The van der Waals surface area contributed by atoms with Gasteiger partial charge in [-0.2, -0.15) is 0 Å². The van der Waals surface area contributed by atoms with E-state index in [1.54, 1.807) is 6.33 Å². The van der Waals surface area contributed by atoms with Crippen LogP contribution >= 0.6 is 0 Å². The van der Waals surface area contributed by atoms with E-state index in [0.717, 1.165) is 6.42 Å². The maximum Gasteiger partial charge on any atom is 0.135 e. The molecule has 1 N–H and O–H groups in total. The van der Waals surface area contributed by atoms with Crippen molar-refractivity contribution in [1.82, 2.24) is 15.3 Å². The van der Waals surface area contributed by atoms with Crippen LogP contribution < -0.4 is 10.2 Å². The standard InChI is InChI=1S/C17H26N4/c1-2-6-15-14(5-1)16(20-13-19-15)21-10-4-8-17(12-21)7-3-9-18-11-17/h13,18H,1-12H2. The van der Waals surface area contributed by atoms with E-state index in [-0.39, 0.29) is 0 Å². The van der Waals surface area contributed by atoms with E-state index in [0.29, 0.717) is 5.41 Å². The number of anilines is 1. The van der Waals surface area contributed by atoms with Crippen LogP contribution in [0.4, 0.5) is 5.82 Å². The van der Waals surface area contributed by atoms with Crippen molar-refractivity contribution in [2.75, 3.05) is 31.1 Å². The van der Waals surface area contributed by atoms with E-state index in [2.05, 4.69) is 20.2 Å². The molecule has 1 unspecified atom stereocenters. The maximum absolute atomic E-state index is 4.69. The fourth-order valence-electron chi connectivity index (χ4n) is 4.54. The zero-order valence-electron chi connectivity index (χ0n) is 12.9. The molecule has 0 amide bonds. The first kappa shape index (κ1) is 13.5. The monoisotopic (exact) mass is 286 g/mol. The minimum Gasteiger partial charge on any atom is -0.356 e. The Morgan fingerprint density at radius 3 is 2.86 bits per heavy atom. The molecule has 4 nitrogen and oxygen atoms in total. The Hall–Kier alpha value is -1.16. The van der Waals surface area contributed by atoms with Gasteiger partial charge in [-0.15, -0.1) is 0 Å². The summed E-state index contributed by atoms with van der Waals surface area (Å²) < 4.78 is 0. The average molecular weight is 286 g/mol. The summed E-state index contributed by atoms with van der Waals surface area (Å²) in [6, 6.07) is 0. The topological polar surface area (TPSA) is 41.1 Å². The van der Waals surface area contributed by atoms with E-state index in [9.17, 15) is 0 Å². The predicted molar refractivity (Wildman–Crippen MR) is 84.7 cm³/mol. The largest absolute Gasteiger partial charge is 0.356 e. The molecule has 0 bridgehead atoms. The second-order valence-corrected chi connectivity index (χ2v) is 7.14. The van der Waals surface area contributed by atoms with Crippen molar-refractivity contribution in [3.8, 4) is 0 Å². The van der Waals surface area contributed by atoms with Crippen LogP contribution in [0.15, 0.2) is 6.33 Å². The summed E-state index contributed by atoms with van der Waals surface area (Å²) in [4.78, 5) is 11.8. The summed E-state index contributed by atoms with van der Waals surface area (Å²) >= 11 is 0. The third kappa shape index (κ3) is 2.54. The first-order chi connectivity index (χ1) is 10.4. The number of piperidine rings is 2. The number of aryl methyl sites for hydroxylation is 1. The molecule has 1 aromatic heterocycles. The van der Waals surface area contributed by atoms with Gasteiger partial charge in [0.2, 0.25) is 0 Å². The van der Waals surface area contributed by atoms with Gasteiger partial charge in [-0.3, -0.25) is 0 Å². The van der Waals surface area contributed by atoms with Gasteiger partial charge >= 0.3 is 0 Å². The number of nitrogens with zero attached hydrogens (tertiary/aromatic N) is 3. The molecule has 21 heavy (non-hydrogen) atoms. The molecule has 3 aliphatic rings. The molecule has 0 aromatic carbocycles. The van der Waals surface area contributed by atoms with Gasteiger partial charge < -0.3 is 10.2 Å². The summed E-state index contributed by atoms with van der Waals surface area (Å²) in [5.74, 6) is 1.25. The second kappa shape index (κ2) is 5.56. The van der Waals surface area contributed by atoms with Gasteiger partial charge in [0.1, 0.15) is 12.1 Å². The van der Waals surface area contributed by atoms with Gasteiger partial charge in [0.15, 0.2) is 0 Å². The Labute approximate surface area is 127 Å². The Balaban J connectivity index is 1.61. The fourth-order valence-corrected chi connectivity index (χ4v) is 4.54. The molecule has 1 spiro atoms. The number of hydrogen-bond acceptors (Lipinski definition) is 4. The summed E-state index contributed by atoms with van der Waals surface area (Å²) in [6.07, 6.45) is 12.1. The molecular weight excluding hydrogens is 260 g/mol. The molecular formula is C17H26N4. The number of fused-ring (bicyclic) bond motifs is 1. The van der Waals surface area contributed by atoms with Crippen LogP contribution in [0.25, 0.3) is 0 Å². The molecule has 4 rings (SSSR count). The molecule has 0 saturated carbocycles. The van der Waals surface area contributed by atoms with Crippen LogP contribution in [-0.4, -0.2) is 36.1 Å². The van der Waals surface area contributed by atoms with Crippen molar-refractivity contribution in [2.24, 2.45) is 5.41 Å². The van der Waals surface area contributed by atoms with Crippen molar-refractivity contribution in [3.05, 3.63) is 17.6 Å². The maximum atomic E-state index is 4.69. The van der Waals surface area contributed by atoms with Gasteiger partial charge in [-0.1, -0.05) is 0 Å². The van der Waals surface area contributed by atoms with Gasteiger partial charge in [0, 0.05) is 36.3 Å². The Morgan fingerprint density at radius 1 is 1.05 bits per heavy atom. The SMILES string of the molecule is c1nc2c(c(N3CCCC4(CCCNC4)C3)n1)CCCC2. The van der Waals surface area contributed by atoms with Crippen molar-refractivity contribution < 1.29 is 0 Å². The molecule has 1 aliphatic carbocycles. The lowest BCUT2D eigenvalue weighted by molar-refractivity contribution is 0.172. The van der Waals surface area contributed by atoms with E-state index >= 15 is 0 Å². The van der Waals surface area contributed by atoms with Crippen LogP contribution in [0.2, 0.25) is 0 Å². The number of rotatable bonds is 1. The van der Waals surface area contributed by atoms with Crippen molar-refractivity contribution in [2.45, 2.75) is 51.4 Å². The van der Waals surface area contributed by atoms with E-state index in [4.69, 9.17) is 0 Å². The third-order valence-corrected chi connectivity index (χ3v) is 5.62. The minimum atomic E-state index is 0.489. The highest BCUT2D eigenvalue weighted by Crippen LogP contribution is 2.38. The molecule has 1 aromatic rings. The molecule has 0 radical (unpaired) electrons. The van der Waals surface area contributed by atoms with Crippen LogP contribution in [0, 0.1) is 5.41 Å². The van der Waals surface area contributed by atoms with Crippen molar-refractivity contribution in [1.29, 1.82) is 0 Å². The molecule has 2 fully saturated rings. The molecule has 4 heteroatoms. The molecule has 114 valence electrons. The number of hydrogen-bond donors (Lipinski definition) is 1. The highest BCUT2D eigenvalue weighted by Gasteiger charge is 2.37. The molecule has 3 heterocycles. The highest BCUT2D eigenvalue weighted by atomic mass is 15.2. The normalized spacial score (nSPS) is 29.4. The molecule has 1 atom stereocenters. The summed E-state index contributed by atoms with van der Waals surface area (Å²) in [5.41, 5.74) is 3.25. The van der Waals surface area contributed by atoms with E-state index in [1.807, 2.05) is 0 Å². The van der Waals surface area contributed by atoms with E-state index in [1.165, 1.54) is 88.2 Å². The van der Waals surface area contributed by atoms with Gasteiger partial charge in [0.05, 0.1) is 0 Å². The fraction of sp³-hybridized carbons (Fsp3) is 0.765. The van der Waals surface area contributed by atoms with Crippen LogP contribution in [0.3, 0.4) is 0 Å². The van der Waals surface area contributed by atoms with Crippen molar-refractivity contribution >= 4 is 5.82 Å². The Kier molecular flexibility index (Phi) is 3.57. The zero-order valence-corrected chi connectivity index (χ0v) is 12.9. The first-order valence-electron chi connectivity index (χ1n) is 8.65. The second-order valence-electron chi connectivity index (χ2n) is 7.14. The first-order valence-corrected chi connectivity index (χ1v) is 8.65. The lowest BCUT2D eigenvalue weighted by Crippen LogP contribution is -2.51. The van der Waals surface area contributed by atoms with Crippen LogP contribution in [0.5, 0.6) is 0 Å². The zero-order chi connectivity index (χ0) is 14.1. The highest BCUT2D eigenvalue weighted by molar-refractivity contribution is 5.50. The summed E-state index contributed by atoms with van der Waals surface area (Å²) in [6.45, 7) is 4.75. The smallest absolute Gasteiger partial charge is 0.135 e. The summed E-state index contributed by atoms with van der Waals surface area (Å²) in [5, 5.41) is 3.62. The quantitative estimate of drug-likeness (QED) is 0.860. The van der Waals surface area contributed by atoms with Gasteiger partial charge in [0.25, 0.3) is 0 Å². The van der Waals surface area contributed by atoms with E-state index < -0.39 is 0 Å². The number of aromatic nitrogens is 2. The van der Waals surface area contributed by atoms with Gasteiger partial charge in [-0.05, 0) is 57.9 Å². The van der Waals surface area contributed by atoms with Crippen LogP contribution in [0.1, 0.15) is 49.8 Å². The van der Waals surface area contributed by atoms with Crippen LogP contribution in [-0.2, 0) is 12.8 Å². The lowest BCUT2D eigenvalue weighted by atomic mass is 9.74.